The van der Waals surface area contributed by atoms with E-state index < -0.39 is 0 Å². The predicted molar refractivity (Wildman–Crippen MR) is 44.9 cm³/mol. The molecule has 66 valence electrons. The quantitative estimate of drug-likeness (QED) is 0.663. The molecule has 1 aromatic rings. The van der Waals surface area contributed by atoms with E-state index in [1.807, 2.05) is 6.20 Å². The summed E-state index contributed by atoms with van der Waals surface area (Å²) in [6, 6.07) is 0. The van der Waals surface area contributed by atoms with Crippen molar-refractivity contribution in [3.8, 4) is 0 Å². The standard InChI is InChI=1S/C8H13N3O/c1-12-8(5-9-6-8)4-7-10-2-3-11-7/h2-3,9H,4-6H2,1H3,(H,10,11). The van der Waals surface area contributed by atoms with E-state index >= 15 is 0 Å². The fourth-order valence-electron chi connectivity index (χ4n) is 1.45. The summed E-state index contributed by atoms with van der Waals surface area (Å²) in [6.45, 7) is 1.84. The number of nitrogens with zero attached hydrogens (tertiary/aromatic N) is 1. The van der Waals surface area contributed by atoms with Gasteiger partial charge in [-0.15, -0.1) is 0 Å². The van der Waals surface area contributed by atoms with Gasteiger partial charge < -0.3 is 15.0 Å². The van der Waals surface area contributed by atoms with Crippen molar-refractivity contribution in [1.82, 2.24) is 15.3 Å². The van der Waals surface area contributed by atoms with E-state index in [9.17, 15) is 0 Å². The van der Waals surface area contributed by atoms with Crippen molar-refractivity contribution in [2.24, 2.45) is 0 Å². The Kier molecular flexibility index (Phi) is 1.86. The van der Waals surface area contributed by atoms with E-state index in [0.717, 1.165) is 25.3 Å². The molecule has 2 N–H and O–H groups in total. The van der Waals surface area contributed by atoms with Crippen LogP contribution in [0.3, 0.4) is 0 Å². The average molecular weight is 167 g/mol. The molecule has 4 heteroatoms. The van der Waals surface area contributed by atoms with Crippen molar-refractivity contribution in [3.05, 3.63) is 18.2 Å². The molecule has 0 amide bonds. The van der Waals surface area contributed by atoms with Crippen LogP contribution in [0.2, 0.25) is 0 Å². The third-order valence-electron chi connectivity index (χ3n) is 2.37. The van der Waals surface area contributed by atoms with Gasteiger partial charge in [0.15, 0.2) is 0 Å². The zero-order chi connectivity index (χ0) is 8.44. The van der Waals surface area contributed by atoms with Gasteiger partial charge >= 0.3 is 0 Å². The smallest absolute Gasteiger partial charge is 0.109 e. The average Bonchev–Trinajstić information content (AvgIpc) is 2.49. The van der Waals surface area contributed by atoms with Gasteiger partial charge in [-0.05, 0) is 0 Å². The summed E-state index contributed by atoms with van der Waals surface area (Å²) in [6.07, 6.45) is 4.47. The molecule has 4 nitrogen and oxygen atoms in total. The molecule has 0 aromatic carbocycles. The van der Waals surface area contributed by atoms with Gasteiger partial charge in [0.1, 0.15) is 5.82 Å². The van der Waals surface area contributed by atoms with Gasteiger partial charge in [-0.1, -0.05) is 0 Å². The van der Waals surface area contributed by atoms with Gasteiger partial charge in [0.05, 0.1) is 5.60 Å². The van der Waals surface area contributed by atoms with Crippen LogP contribution in [-0.4, -0.2) is 35.8 Å². The summed E-state index contributed by atoms with van der Waals surface area (Å²) >= 11 is 0. The van der Waals surface area contributed by atoms with E-state index in [1.165, 1.54) is 0 Å². The highest BCUT2D eigenvalue weighted by molar-refractivity contribution is 5.03. The molecule has 12 heavy (non-hydrogen) atoms. The van der Waals surface area contributed by atoms with Crippen LogP contribution < -0.4 is 5.32 Å². The van der Waals surface area contributed by atoms with Crippen molar-refractivity contribution in [1.29, 1.82) is 0 Å². The molecule has 2 rings (SSSR count). The molecule has 0 radical (unpaired) electrons. The molecule has 1 aliphatic heterocycles. The molecular formula is C8H13N3O. The summed E-state index contributed by atoms with van der Waals surface area (Å²) in [5.41, 5.74) is -0.0160. The van der Waals surface area contributed by atoms with Crippen LogP contribution in [0.4, 0.5) is 0 Å². The minimum Gasteiger partial charge on any atom is -0.375 e. The van der Waals surface area contributed by atoms with E-state index in [0.29, 0.717) is 0 Å². The number of hydrogen-bond donors (Lipinski definition) is 2. The van der Waals surface area contributed by atoms with E-state index in [1.54, 1.807) is 13.3 Å². The molecular weight excluding hydrogens is 154 g/mol. The summed E-state index contributed by atoms with van der Waals surface area (Å²) in [5.74, 6) is 0.998. The second-order valence-electron chi connectivity index (χ2n) is 3.20. The first-order valence-electron chi connectivity index (χ1n) is 4.09. The molecule has 1 aliphatic rings. The molecule has 1 aromatic heterocycles. The third kappa shape index (κ3) is 1.23. The largest absolute Gasteiger partial charge is 0.375 e. The number of H-pyrrole nitrogens is 1. The lowest BCUT2D eigenvalue weighted by Crippen LogP contribution is -2.62. The number of aromatic nitrogens is 2. The maximum Gasteiger partial charge on any atom is 0.109 e. The lowest BCUT2D eigenvalue weighted by Gasteiger charge is -2.40. The highest BCUT2D eigenvalue weighted by Crippen LogP contribution is 2.19. The zero-order valence-electron chi connectivity index (χ0n) is 7.13. The number of rotatable bonds is 3. The fourth-order valence-corrected chi connectivity index (χ4v) is 1.45. The predicted octanol–water partition coefficient (Wildman–Crippen LogP) is -0.0594. The van der Waals surface area contributed by atoms with Crippen molar-refractivity contribution in [2.75, 3.05) is 20.2 Å². The molecule has 1 saturated heterocycles. The number of hydrogen-bond acceptors (Lipinski definition) is 3. The second kappa shape index (κ2) is 2.88. The second-order valence-corrected chi connectivity index (χ2v) is 3.20. The van der Waals surface area contributed by atoms with Gasteiger partial charge in [-0.2, -0.15) is 0 Å². The van der Waals surface area contributed by atoms with Crippen LogP contribution in [0.25, 0.3) is 0 Å². The van der Waals surface area contributed by atoms with Crippen LogP contribution in [0.1, 0.15) is 5.82 Å². The molecule has 2 heterocycles. The van der Waals surface area contributed by atoms with Gasteiger partial charge in [-0.25, -0.2) is 4.98 Å². The number of nitrogens with one attached hydrogen (secondary N) is 2. The van der Waals surface area contributed by atoms with E-state index in [4.69, 9.17) is 4.74 Å². The Morgan fingerprint density at radius 1 is 1.67 bits per heavy atom. The monoisotopic (exact) mass is 167 g/mol. The summed E-state index contributed by atoms with van der Waals surface area (Å²) in [5, 5.41) is 3.20. The first-order chi connectivity index (χ1) is 5.85. The van der Waals surface area contributed by atoms with Crippen molar-refractivity contribution in [3.63, 3.8) is 0 Å². The lowest BCUT2D eigenvalue weighted by atomic mass is 9.92. The van der Waals surface area contributed by atoms with Crippen LogP contribution in [0, 0.1) is 0 Å². The Morgan fingerprint density at radius 2 is 2.50 bits per heavy atom. The number of imidazole rings is 1. The summed E-state index contributed by atoms with van der Waals surface area (Å²) < 4.78 is 5.42. The summed E-state index contributed by atoms with van der Waals surface area (Å²) in [4.78, 5) is 7.24. The van der Waals surface area contributed by atoms with Crippen LogP contribution in [0.15, 0.2) is 12.4 Å². The lowest BCUT2D eigenvalue weighted by molar-refractivity contribution is -0.0514. The maximum absolute atomic E-state index is 5.42. The molecule has 0 aliphatic carbocycles. The van der Waals surface area contributed by atoms with Crippen LogP contribution >= 0.6 is 0 Å². The van der Waals surface area contributed by atoms with Crippen molar-refractivity contribution < 1.29 is 4.74 Å². The van der Waals surface area contributed by atoms with Gasteiger partial charge in [0.25, 0.3) is 0 Å². The molecule has 0 bridgehead atoms. The van der Waals surface area contributed by atoms with Gasteiger partial charge in [0, 0.05) is 39.0 Å². The van der Waals surface area contributed by atoms with Crippen LogP contribution in [0.5, 0.6) is 0 Å². The summed E-state index contributed by atoms with van der Waals surface area (Å²) in [7, 11) is 1.75. The van der Waals surface area contributed by atoms with Gasteiger partial charge in [-0.3, -0.25) is 0 Å². The molecule has 0 spiro atoms. The van der Waals surface area contributed by atoms with Gasteiger partial charge in [0.2, 0.25) is 0 Å². The Hall–Kier alpha value is -0.870. The first-order valence-corrected chi connectivity index (χ1v) is 4.09. The van der Waals surface area contributed by atoms with E-state index in [-0.39, 0.29) is 5.60 Å². The molecule has 0 saturated carbocycles. The maximum atomic E-state index is 5.42. The minimum absolute atomic E-state index is 0.0160. The SMILES string of the molecule is COC1(Cc2ncc[nH]2)CNC1. The highest BCUT2D eigenvalue weighted by atomic mass is 16.5. The Labute approximate surface area is 71.3 Å². The normalized spacial score (nSPS) is 20.4. The zero-order valence-corrected chi connectivity index (χ0v) is 7.13. The molecule has 0 atom stereocenters. The number of methoxy groups -OCH3 is 1. The minimum atomic E-state index is -0.0160. The van der Waals surface area contributed by atoms with E-state index in [2.05, 4.69) is 15.3 Å². The number of aromatic amines is 1. The molecule has 1 fully saturated rings. The fraction of sp³-hybridized carbons (Fsp3) is 0.625. The third-order valence-corrected chi connectivity index (χ3v) is 2.37. The Bertz CT molecular complexity index is 235. The number of ether oxygens (including phenoxy) is 1. The Morgan fingerprint density at radius 3 is 2.92 bits per heavy atom. The first kappa shape index (κ1) is 7.76. The van der Waals surface area contributed by atoms with Crippen LogP contribution in [-0.2, 0) is 11.2 Å². The van der Waals surface area contributed by atoms with Crippen molar-refractivity contribution >= 4 is 0 Å². The molecule has 0 unspecified atom stereocenters. The van der Waals surface area contributed by atoms with Crippen molar-refractivity contribution in [2.45, 2.75) is 12.0 Å². The Balaban J connectivity index is 2.01. The topological polar surface area (TPSA) is 49.9 Å². The highest BCUT2D eigenvalue weighted by Gasteiger charge is 2.37.